The first-order chi connectivity index (χ1) is 17.5. The standard InChI is InChI=1S/C31H49NO5/c1-17-6-7-28-18(2)22-9-11-31(35)24(23(22)16-32(28)15-17)13-25-26(31)14-29(37-20(4)34)27-12-21(36-19(3)33)8-10-30(25,27)5/h17-18,21-29,35H,6-16H2,1-5H3/t17-,18-,21-,22-,23+,24+,25+,26+,27-,28+,29-,30+,31+/m1/s1. The summed E-state index contributed by atoms with van der Waals surface area (Å²) in [6.07, 6.45) is 8.85. The van der Waals surface area contributed by atoms with E-state index in [2.05, 4.69) is 25.7 Å². The van der Waals surface area contributed by atoms with Crippen LogP contribution in [0.25, 0.3) is 0 Å². The van der Waals surface area contributed by atoms with Gasteiger partial charge in [0.2, 0.25) is 0 Å². The summed E-state index contributed by atoms with van der Waals surface area (Å²) in [5.74, 6) is 3.41. The van der Waals surface area contributed by atoms with Gasteiger partial charge in [0.25, 0.3) is 0 Å². The SMILES string of the molecule is CC(=O)O[C@@H]1CC[C@]2(C)[C@H](C1)[C@H](OC(C)=O)C[C@H]1[C@@H]2C[C@H]2[C@H]3CN4C[C@H](C)CC[C@H]4[C@H](C)[C@H]3CC[C@]21O. The number of rotatable bonds is 2. The lowest BCUT2D eigenvalue weighted by Crippen LogP contribution is -2.62. The van der Waals surface area contributed by atoms with E-state index in [0.717, 1.165) is 63.5 Å². The first-order valence-electron chi connectivity index (χ1n) is 15.3. The molecule has 6 nitrogen and oxygen atoms in total. The zero-order valence-corrected chi connectivity index (χ0v) is 23.7. The van der Waals surface area contributed by atoms with Crippen LogP contribution < -0.4 is 0 Å². The maximum Gasteiger partial charge on any atom is 0.302 e. The van der Waals surface area contributed by atoms with Crippen LogP contribution in [0, 0.1) is 52.8 Å². The summed E-state index contributed by atoms with van der Waals surface area (Å²) in [6, 6.07) is 0.721. The Hall–Kier alpha value is -1.14. The molecule has 37 heavy (non-hydrogen) atoms. The molecule has 0 amide bonds. The highest BCUT2D eigenvalue weighted by Gasteiger charge is 2.68. The normalized spacial score (nSPS) is 53.1. The highest BCUT2D eigenvalue weighted by molar-refractivity contribution is 5.66. The number of ether oxygens (including phenoxy) is 2. The lowest BCUT2D eigenvalue weighted by Gasteiger charge is -2.59. The molecule has 2 aliphatic heterocycles. The molecule has 2 saturated heterocycles. The molecule has 4 saturated carbocycles. The van der Waals surface area contributed by atoms with Crippen molar-refractivity contribution in [2.75, 3.05) is 13.1 Å². The third-order valence-corrected chi connectivity index (χ3v) is 12.7. The van der Waals surface area contributed by atoms with Crippen molar-refractivity contribution in [3.8, 4) is 0 Å². The van der Waals surface area contributed by atoms with Gasteiger partial charge in [-0.3, -0.25) is 14.5 Å². The van der Waals surface area contributed by atoms with Crippen LogP contribution >= 0.6 is 0 Å². The molecule has 0 aromatic heterocycles. The van der Waals surface area contributed by atoms with Gasteiger partial charge in [0.1, 0.15) is 12.2 Å². The Morgan fingerprint density at radius 3 is 2.30 bits per heavy atom. The number of aliphatic hydroxyl groups is 1. The van der Waals surface area contributed by atoms with Crippen molar-refractivity contribution in [3.63, 3.8) is 0 Å². The van der Waals surface area contributed by atoms with E-state index in [4.69, 9.17) is 9.47 Å². The zero-order valence-electron chi connectivity index (χ0n) is 23.7. The topological polar surface area (TPSA) is 76.1 Å². The van der Waals surface area contributed by atoms with Crippen molar-refractivity contribution in [1.29, 1.82) is 0 Å². The number of nitrogens with zero attached hydrogens (tertiary/aromatic N) is 1. The van der Waals surface area contributed by atoms with Crippen LogP contribution in [0.5, 0.6) is 0 Å². The van der Waals surface area contributed by atoms with E-state index >= 15 is 0 Å². The summed E-state index contributed by atoms with van der Waals surface area (Å²) in [5.41, 5.74) is -0.663. The van der Waals surface area contributed by atoms with Gasteiger partial charge in [0.15, 0.2) is 0 Å². The van der Waals surface area contributed by atoms with Gasteiger partial charge in [0.05, 0.1) is 5.60 Å². The second-order valence-electron chi connectivity index (χ2n) is 14.5. The van der Waals surface area contributed by atoms with Gasteiger partial charge in [-0.25, -0.2) is 0 Å². The van der Waals surface area contributed by atoms with Gasteiger partial charge >= 0.3 is 11.9 Å². The maximum atomic E-state index is 12.6. The fourth-order valence-electron chi connectivity index (χ4n) is 11.2. The van der Waals surface area contributed by atoms with Crippen molar-refractivity contribution in [1.82, 2.24) is 4.90 Å². The minimum absolute atomic E-state index is 0.00922. The summed E-state index contributed by atoms with van der Waals surface area (Å²) in [4.78, 5) is 26.8. The quantitative estimate of drug-likeness (QED) is 0.532. The summed E-state index contributed by atoms with van der Waals surface area (Å²) in [7, 11) is 0. The van der Waals surface area contributed by atoms with E-state index in [0.29, 0.717) is 29.6 Å². The highest BCUT2D eigenvalue weighted by atomic mass is 16.5. The zero-order chi connectivity index (χ0) is 26.3. The van der Waals surface area contributed by atoms with Crippen LogP contribution in [-0.4, -0.2) is 58.9 Å². The largest absolute Gasteiger partial charge is 0.463 e. The molecule has 1 N–H and O–H groups in total. The number of hydrogen-bond donors (Lipinski definition) is 1. The van der Waals surface area contributed by atoms with E-state index in [9.17, 15) is 14.7 Å². The van der Waals surface area contributed by atoms with E-state index in [-0.39, 0.29) is 41.4 Å². The minimum Gasteiger partial charge on any atom is -0.463 e. The second-order valence-corrected chi connectivity index (χ2v) is 14.5. The van der Waals surface area contributed by atoms with E-state index in [1.165, 1.54) is 33.2 Å². The second kappa shape index (κ2) is 9.21. The minimum atomic E-state index is -0.654. The van der Waals surface area contributed by atoms with Gasteiger partial charge < -0.3 is 14.6 Å². The number of hydrogen-bond acceptors (Lipinski definition) is 6. The van der Waals surface area contributed by atoms with E-state index in [1.54, 1.807) is 0 Å². The van der Waals surface area contributed by atoms with Crippen molar-refractivity contribution in [3.05, 3.63) is 0 Å². The molecule has 0 bridgehead atoms. The molecule has 2 heterocycles. The van der Waals surface area contributed by atoms with Crippen LogP contribution in [0.15, 0.2) is 0 Å². The Bertz CT molecular complexity index is 921. The smallest absolute Gasteiger partial charge is 0.302 e. The first-order valence-corrected chi connectivity index (χ1v) is 15.3. The Labute approximate surface area is 223 Å². The highest BCUT2D eigenvalue weighted by Crippen LogP contribution is 2.68. The summed E-state index contributed by atoms with van der Waals surface area (Å²) in [6.45, 7) is 12.7. The Morgan fingerprint density at radius 2 is 1.57 bits per heavy atom. The van der Waals surface area contributed by atoms with Crippen LogP contribution in [0.1, 0.15) is 92.4 Å². The molecule has 13 atom stereocenters. The molecule has 6 fully saturated rings. The Balaban J connectivity index is 1.30. The Morgan fingerprint density at radius 1 is 0.811 bits per heavy atom. The molecular formula is C31H49NO5. The maximum absolute atomic E-state index is 12.6. The van der Waals surface area contributed by atoms with Crippen LogP contribution in [0.4, 0.5) is 0 Å². The molecule has 0 aromatic carbocycles. The van der Waals surface area contributed by atoms with Crippen LogP contribution in [0.2, 0.25) is 0 Å². The third kappa shape index (κ3) is 4.10. The van der Waals surface area contributed by atoms with Crippen molar-refractivity contribution in [2.45, 2.75) is 116 Å². The molecule has 6 rings (SSSR count). The average Bonchev–Trinajstić information content (AvgIpc) is 3.13. The van der Waals surface area contributed by atoms with E-state index < -0.39 is 5.60 Å². The van der Waals surface area contributed by atoms with Crippen molar-refractivity contribution in [2.24, 2.45) is 52.8 Å². The van der Waals surface area contributed by atoms with Crippen LogP contribution in [-0.2, 0) is 19.1 Å². The van der Waals surface area contributed by atoms with Crippen LogP contribution in [0.3, 0.4) is 0 Å². The monoisotopic (exact) mass is 515 g/mol. The predicted octanol–water partition coefficient (Wildman–Crippen LogP) is 4.82. The molecule has 6 aliphatic rings. The number of piperidine rings is 2. The average molecular weight is 516 g/mol. The third-order valence-electron chi connectivity index (χ3n) is 12.7. The molecule has 0 radical (unpaired) electrons. The Kier molecular flexibility index (Phi) is 6.50. The summed E-state index contributed by atoms with van der Waals surface area (Å²) < 4.78 is 11.7. The van der Waals surface area contributed by atoms with Gasteiger partial charge in [-0.1, -0.05) is 20.8 Å². The summed E-state index contributed by atoms with van der Waals surface area (Å²) in [5, 5.41) is 12.6. The molecule has 0 unspecified atom stereocenters. The van der Waals surface area contributed by atoms with Crippen molar-refractivity contribution >= 4 is 11.9 Å². The first kappa shape index (κ1) is 26.1. The molecule has 6 heteroatoms. The molecule has 4 aliphatic carbocycles. The number of fused-ring (bicyclic) bond motifs is 8. The fraction of sp³-hybridized carbons (Fsp3) is 0.935. The van der Waals surface area contributed by atoms with Gasteiger partial charge in [0, 0.05) is 38.9 Å². The molecule has 208 valence electrons. The number of carbonyl (C=O) groups is 2. The molecule has 0 spiro atoms. The van der Waals surface area contributed by atoms with E-state index in [1.807, 2.05) is 0 Å². The van der Waals surface area contributed by atoms with Crippen molar-refractivity contribution < 1.29 is 24.2 Å². The predicted molar refractivity (Wildman–Crippen MR) is 140 cm³/mol. The van der Waals surface area contributed by atoms with Gasteiger partial charge in [-0.15, -0.1) is 0 Å². The van der Waals surface area contributed by atoms with Gasteiger partial charge in [-0.05, 0) is 105 Å². The number of esters is 2. The van der Waals surface area contributed by atoms with Gasteiger partial charge in [-0.2, -0.15) is 0 Å². The number of carbonyl (C=O) groups excluding carboxylic acids is 2. The summed E-state index contributed by atoms with van der Waals surface area (Å²) >= 11 is 0. The lowest BCUT2D eigenvalue weighted by atomic mass is 9.50. The molecular weight excluding hydrogens is 466 g/mol. The molecule has 0 aromatic rings. The fourth-order valence-corrected chi connectivity index (χ4v) is 11.2. The lowest BCUT2D eigenvalue weighted by molar-refractivity contribution is -0.195.